The lowest BCUT2D eigenvalue weighted by Gasteiger charge is -2.40. The lowest BCUT2D eigenvalue weighted by atomic mass is 10.1. The van der Waals surface area contributed by atoms with Crippen LogP contribution in [0, 0.1) is 6.92 Å². The van der Waals surface area contributed by atoms with Crippen LogP contribution in [0.15, 0.2) is 52.0 Å². The summed E-state index contributed by atoms with van der Waals surface area (Å²) >= 11 is 0. The maximum atomic E-state index is 13.2. The number of pyridine rings is 1. The number of carbonyl (C=O) groups is 3. The summed E-state index contributed by atoms with van der Waals surface area (Å²) in [5.41, 5.74) is 1.23. The molecule has 4 amide bonds. The minimum absolute atomic E-state index is 0.0242. The molecule has 33 heavy (non-hydrogen) atoms. The van der Waals surface area contributed by atoms with Crippen LogP contribution < -0.4 is 5.32 Å². The van der Waals surface area contributed by atoms with Crippen molar-refractivity contribution < 1.29 is 18.9 Å². The summed E-state index contributed by atoms with van der Waals surface area (Å²) in [5.74, 6) is 0.198. The average Bonchev–Trinajstić information content (AvgIpc) is 3.41. The highest BCUT2D eigenvalue weighted by Gasteiger charge is 2.50. The SMILES string of the molecule is Cc1cc(CN2C(=O)C3C(N=CN3CC(=O)Nc3ccc4ccccc4n3)N(C)C2=O)no1. The molecule has 2 aliphatic rings. The van der Waals surface area contributed by atoms with Crippen LogP contribution in [0.2, 0.25) is 0 Å². The molecule has 0 saturated carbocycles. The van der Waals surface area contributed by atoms with Gasteiger partial charge in [-0.25, -0.2) is 14.8 Å². The average molecular weight is 447 g/mol. The highest BCUT2D eigenvalue weighted by molar-refractivity contribution is 6.03. The predicted molar refractivity (Wildman–Crippen MR) is 118 cm³/mol. The van der Waals surface area contributed by atoms with Gasteiger partial charge in [-0.3, -0.25) is 14.5 Å². The van der Waals surface area contributed by atoms with Crippen LogP contribution in [0.4, 0.5) is 10.6 Å². The normalized spacial score (nSPS) is 20.0. The third kappa shape index (κ3) is 3.77. The molecule has 0 spiro atoms. The zero-order valence-electron chi connectivity index (χ0n) is 18.0. The summed E-state index contributed by atoms with van der Waals surface area (Å²) in [6.45, 7) is 1.58. The standard InChI is InChI=1S/C22H21N7O4/c1-13-9-15(26-33-13)10-29-21(31)19-20(27(2)22(29)32)23-12-28(19)11-18(30)25-17-8-7-14-5-3-4-6-16(14)24-17/h3-9,12,19-20H,10-11H2,1-2H3,(H,24,25,30). The van der Waals surface area contributed by atoms with Crippen LogP contribution in [0.3, 0.4) is 0 Å². The molecule has 5 rings (SSSR count). The summed E-state index contributed by atoms with van der Waals surface area (Å²) in [4.78, 5) is 51.5. The molecular weight excluding hydrogens is 426 g/mol. The first-order valence-electron chi connectivity index (χ1n) is 10.4. The van der Waals surface area contributed by atoms with E-state index in [4.69, 9.17) is 4.52 Å². The first-order valence-corrected chi connectivity index (χ1v) is 10.4. The lowest BCUT2D eigenvalue weighted by molar-refractivity contribution is -0.138. The van der Waals surface area contributed by atoms with Crippen molar-refractivity contribution in [2.75, 3.05) is 18.9 Å². The van der Waals surface area contributed by atoms with E-state index in [1.54, 1.807) is 26.1 Å². The quantitative estimate of drug-likeness (QED) is 0.630. The summed E-state index contributed by atoms with van der Waals surface area (Å²) in [6.07, 6.45) is 0.737. The van der Waals surface area contributed by atoms with Gasteiger partial charge in [0, 0.05) is 18.5 Å². The first kappa shape index (κ1) is 20.6. The number of imide groups is 1. The zero-order valence-corrected chi connectivity index (χ0v) is 18.0. The second kappa shape index (κ2) is 8.01. The maximum Gasteiger partial charge on any atom is 0.328 e. The highest BCUT2D eigenvalue weighted by Crippen LogP contribution is 2.26. The number of nitrogens with zero attached hydrogens (tertiary/aromatic N) is 6. The number of hydrogen-bond donors (Lipinski definition) is 1. The third-order valence-corrected chi connectivity index (χ3v) is 5.64. The Morgan fingerprint density at radius 1 is 1.18 bits per heavy atom. The number of rotatable bonds is 5. The molecule has 2 unspecified atom stereocenters. The fourth-order valence-electron chi connectivity index (χ4n) is 4.04. The second-order valence-corrected chi connectivity index (χ2v) is 7.98. The molecule has 11 nitrogen and oxygen atoms in total. The van der Waals surface area contributed by atoms with Crippen molar-refractivity contribution in [2.45, 2.75) is 25.7 Å². The van der Waals surface area contributed by atoms with Crippen molar-refractivity contribution in [2.24, 2.45) is 4.99 Å². The molecule has 0 aliphatic carbocycles. The maximum absolute atomic E-state index is 13.2. The van der Waals surface area contributed by atoms with Crippen molar-refractivity contribution in [1.82, 2.24) is 24.8 Å². The molecule has 4 heterocycles. The van der Waals surface area contributed by atoms with Crippen LogP contribution in [-0.4, -0.2) is 74.8 Å². The van der Waals surface area contributed by atoms with Crippen LogP contribution >= 0.6 is 0 Å². The minimum atomic E-state index is -0.809. The second-order valence-electron chi connectivity index (χ2n) is 7.98. The molecule has 0 bridgehead atoms. The molecule has 1 saturated heterocycles. The number of urea groups is 1. The number of para-hydroxylation sites is 1. The molecule has 168 valence electrons. The predicted octanol–water partition coefficient (Wildman–Crippen LogP) is 1.60. The van der Waals surface area contributed by atoms with E-state index in [-0.39, 0.29) is 19.0 Å². The molecule has 2 aliphatic heterocycles. The molecule has 1 N–H and O–H groups in total. The van der Waals surface area contributed by atoms with Crippen molar-refractivity contribution in [3.63, 3.8) is 0 Å². The molecular formula is C22H21N7O4. The van der Waals surface area contributed by atoms with E-state index in [1.807, 2.05) is 30.3 Å². The van der Waals surface area contributed by atoms with Gasteiger partial charge < -0.3 is 19.6 Å². The van der Waals surface area contributed by atoms with Crippen LogP contribution in [0.1, 0.15) is 11.5 Å². The van der Waals surface area contributed by atoms with Gasteiger partial charge in [-0.15, -0.1) is 0 Å². The summed E-state index contributed by atoms with van der Waals surface area (Å²) in [6, 6.07) is 11.6. The molecule has 1 fully saturated rings. The van der Waals surface area contributed by atoms with Gasteiger partial charge in [0.2, 0.25) is 5.91 Å². The van der Waals surface area contributed by atoms with E-state index in [2.05, 4.69) is 20.4 Å². The molecule has 0 radical (unpaired) electrons. The molecule has 11 heteroatoms. The largest absolute Gasteiger partial charge is 0.361 e. The lowest BCUT2D eigenvalue weighted by Crippen LogP contribution is -2.64. The number of aromatic nitrogens is 2. The Kier molecular flexibility index (Phi) is 5.00. The summed E-state index contributed by atoms with van der Waals surface area (Å²) in [5, 5.41) is 7.60. The topological polar surface area (TPSA) is 124 Å². The number of carbonyl (C=O) groups excluding carboxylic acids is 3. The molecule has 3 aromatic rings. The van der Waals surface area contributed by atoms with Gasteiger partial charge in [-0.1, -0.05) is 23.4 Å². The molecule has 2 aromatic heterocycles. The number of fused-ring (bicyclic) bond motifs is 2. The van der Waals surface area contributed by atoms with Gasteiger partial charge >= 0.3 is 6.03 Å². The smallest absolute Gasteiger partial charge is 0.328 e. The Balaban J connectivity index is 1.30. The van der Waals surface area contributed by atoms with E-state index >= 15 is 0 Å². The Bertz CT molecular complexity index is 1290. The fraction of sp³-hybridized carbons (Fsp3) is 0.273. The van der Waals surface area contributed by atoms with Gasteiger partial charge in [0.15, 0.2) is 12.2 Å². The Labute approximate surface area is 188 Å². The van der Waals surface area contributed by atoms with Crippen molar-refractivity contribution in [1.29, 1.82) is 0 Å². The van der Waals surface area contributed by atoms with Gasteiger partial charge in [0.1, 0.15) is 17.3 Å². The first-order chi connectivity index (χ1) is 15.9. The monoisotopic (exact) mass is 447 g/mol. The number of amides is 4. The number of hydrogen-bond acceptors (Lipinski definition) is 8. The number of likely N-dealkylation sites (N-methyl/N-ethyl adjacent to an activating group) is 1. The van der Waals surface area contributed by atoms with Gasteiger partial charge in [-0.2, -0.15) is 0 Å². The number of nitrogens with one attached hydrogen (secondary N) is 1. The summed E-state index contributed by atoms with van der Waals surface area (Å²) < 4.78 is 5.04. The van der Waals surface area contributed by atoms with Crippen molar-refractivity contribution in [3.05, 3.63) is 53.9 Å². The number of aryl methyl sites for hydroxylation is 1. The minimum Gasteiger partial charge on any atom is -0.361 e. The third-order valence-electron chi connectivity index (χ3n) is 5.64. The molecule has 1 aromatic carbocycles. The Hall–Kier alpha value is -4.28. The van der Waals surface area contributed by atoms with Crippen molar-refractivity contribution in [3.8, 4) is 0 Å². The van der Waals surface area contributed by atoms with Crippen LogP contribution in [-0.2, 0) is 16.1 Å². The number of benzene rings is 1. The van der Waals surface area contributed by atoms with Crippen molar-refractivity contribution >= 4 is 40.9 Å². The van der Waals surface area contributed by atoms with E-state index in [0.717, 1.165) is 15.8 Å². The van der Waals surface area contributed by atoms with E-state index in [9.17, 15) is 14.4 Å². The highest BCUT2D eigenvalue weighted by atomic mass is 16.5. The van der Waals surface area contributed by atoms with Gasteiger partial charge in [0.05, 0.1) is 24.9 Å². The number of anilines is 1. The van der Waals surface area contributed by atoms with E-state index in [0.29, 0.717) is 17.3 Å². The fourth-order valence-corrected chi connectivity index (χ4v) is 4.04. The molecule has 2 atom stereocenters. The Morgan fingerprint density at radius 2 is 2.00 bits per heavy atom. The summed E-state index contributed by atoms with van der Waals surface area (Å²) in [7, 11) is 1.58. The van der Waals surface area contributed by atoms with Gasteiger partial charge in [0.25, 0.3) is 5.91 Å². The van der Waals surface area contributed by atoms with E-state index < -0.39 is 24.1 Å². The van der Waals surface area contributed by atoms with E-state index in [1.165, 1.54) is 16.1 Å². The van der Waals surface area contributed by atoms with Gasteiger partial charge in [-0.05, 0) is 25.1 Å². The zero-order chi connectivity index (χ0) is 23.1. The number of aliphatic imine (C=N–C) groups is 1. The van der Waals surface area contributed by atoms with Crippen LogP contribution in [0.25, 0.3) is 10.9 Å². The Morgan fingerprint density at radius 3 is 2.79 bits per heavy atom. The van der Waals surface area contributed by atoms with Crippen LogP contribution in [0.5, 0.6) is 0 Å².